The predicted octanol–water partition coefficient (Wildman–Crippen LogP) is 3.46. The average molecular weight is 289 g/mol. The van der Waals surface area contributed by atoms with Crippen LogP contribution in [0.5, 0.6) is 11.5 Å². The Bertz CT molecular complexity index is 628. The van der Waals surface area contributed by atoms with Crippen molar-refractivity contribution in [2.75, 3.05) is 21.3 Å². The van der Waals surface area contributed by atoms with Gasteiger partial charge in [-0.05, 0) is 49.4 Å². The van der Waals surface area contributed by atoms with Crippen LogP contribution in [0.1, 0.15) is 22.7 Å². The molecule has 1 atom stereocenters. The van der Waals surface area contributed by atoms with Gasteiger partial charge in [0, 0.05) is 5.56 Å². The monoisotopic (exact) mass is 289 g/mol. The smallest absolute Gasteiger partial charge is 0.124 e. The van der Waals surface area contributed by atoms with E-state index in [1.54, 1.807) is 20.3 Å². The minimum absolute atomic E-state index is 0.153. The minimum atomic E-state index is -0.281. The Labute approximate surface area is 124 Å². The molecule has 0 saturated carbocycles. The van der Waals surface area contributed by atoms with Crippen LogP contribution in [-0.4, -0.2) is 21.3 Å². The molecular weight excluding hydrogens is 269 g/mol. The normalized spacial score (nSPS) is 12.0. The Hall–Kier alpha value is -2.07. The van der Waals surface area contributed by atoms with Crippen molar-refractivity contribution < 1.29 is 13.9 Å². The van der Waals surface area contributed by atoms with Crippen molar-refractivity contribution in [3.63, 3.8) is 0 Å². The third-order valence-corrected chi connectivity index (χ3v) is 3.54. The highest BCUT2D eigenvalue weighted by Gasteiger charge is 2.18. The third kappa shape index (κ3) is 3.16. The van der Waals surface area contributed by atoms with E-state index in [-0.39, 0.29) is 11.9 Å². The van der Waals surface area contributed by atoms with Gasteiger partial charge in [0.2, 0.25) is 0 Å². The second kappa shape index (κ2) is 6.59. The van der Waals surface area contributed by atoms with Gasteiger partial charge in [-0.15, -0.1) is 0 Å². The molecule has 4 heteroatoms. The zero-order chi connectivity index (χ0) is 15.4. The molecular formula is C17H20FNO2. The zero-order valence-electron chi connectivity index (χ0n) is 12.7. The predicted molar refractivity (Wildman–Crippen MR) is 81.6 cm³/mol. The molecule has 21 heavy (non-hydrogen) atoms. The van der Waals surface area contributed by atoms with E-state index >= 15 is 0 Å². The highest BCUT2D eigenvalue weighted by Crippen LogP contribution is 2.32. The van der Waals surface area contributed by atoms with Gasteiger partial charge in [-0.2, -0.15) is 0 Å². The quantitative estimate of drug-likeness (QED) is 0.914. The summed E-state index contributed by atoms with van der Waals surface area (Å²) >= 11 is 0. The fraction of sp³-hybridized carbons (Fsp3) is 0.294. The van der Waals surface area contributed by atoms with E-state index < -0.39 is 0 Å². The molecule has 0 radical (unpaired) electrons. The molecule has 1 N–H and O–H groups in total. The van der Waals surface area contributed by atoms with Gasteiger partial charge in [-0.1, -0.05) is 12.1 Å². The highest BCUT2D eigenvalue weighted by atomic mass is 19.1. The first-order chi connectivity index (χ1) is 10.1. The van der Waals surface area contributed by atoms with Crippen molar-refractivity contribution in [3.05, 3.63) is 58.9 Å². The summed E-state index contributed by atoms with van der Waals surface area (Å²) < 4.78 is 24.2. The summed E-state index contributed by atoms with van der Waals surface area (Å²) in [6.07, 6.45) is 0. The van der Waals surface area contributed by atoms with Gasteiger partial charge in [0.25, 0.3) is 0 Å². The summed E-state index contributed by atoms with van der Waals surface area (Å²) in [6, 6.07) is 10.3. The van der Waals surface area contributed by atoms with Crippen LogP contribution >= 0.6 is 0 Å². The van der Waals surface area contributed by atoms with Gasteiger partial charge in [0.1, 0.15) is 17.3 Å². The van der Waals surface area contributed by atoms with Crippen LogP contribution in [-0.2, 0) is 0 Å². The number of ether oxygens (including phenoxy) is 2. The molecule has 1 unspecified atom stereocenters. The van der Waals surface area contributed by atoms with Crippen LogP contribution < -0.4 is 14.8 Å². The molecule has 0 aliphatic heterocycles. The average Bonchev–Trinajstić information content (AvgIpc) is 2.48. The molecule has 0 heterocycles. The second-order valence-corrected chi connectivity index (χ2v) is 4.84. The Kier molecular flexibility index (Phi) is 4.81. The molecule has 0 aromatic heterocycles. The molecule has 112 valence electrons. The Morgan fingerprint density at radius 3 is 2.24 bits per heavy atom. The second-order valence-electron chi connectivity index (χ2n) is 4.84. The van der Waals surface area contributed by atoms with Crippen LogP contribution in [0.2, 0.25) is 0 Å². The molecule has 2 rings (SSSR count). The molecule has 0 aliphatic rings. The lowest BCUT2D eigenvalue weighted by atomic mass is 9.96. The Balaban J connectivity index is 2.49. The molecule has 0 aliphatic carbocycles. The summed E-state index contributed by atoms with van der Waals surface area (Å²) in [5, 5.41) is 3.21. The maximum Gasteiger partial charge on any atom is 0.124 e. The van der Waals surface area contributed by atoms with Crippen molar-refractivity contribution in [3.8, 4) is 11.5 Å². The van der Waals surface area contributed by atoms with Crippen molar-refractivity contribution in [1.82, 2.24) is 5.32 Å². The number of rotatable bonds is 5. The number of benzene rings is 2. The van der Waals surface area contributed by atoms with Gasteiger partial charge in [0.05, 0.1) is 20.3 Å². The highest BCUT2D eigenvalue weighted by molar-refractivity contribution is 5.45. The van der Waals surface area contributed by atoms with E-state index in [0.717, 1.165) is 22.4 Å². The van der Waals surface area contributed by atoms with Crippen LogP contribution in [0.15, 0.2) is 36.4 Å². The van der Waals surface area contributed by atoms with Gasteiger partial charge in [-0.25, -0.2) is 4.39 Å². The molecule has 0 fully saturated rings. The zero-order valence-corrected chi connectivity index (χ0v) is 12.7. The van der Waals surface area contributed by atoms with E-state index in [1.807, 2.05) is 32.2 Å². The number of hydrogen-bond acceptors (Lipinski definition) is 3. The standard InChI is InChI=1S/C17H20FNO2/c1-11-9-12(5-7-15(11)20-3)17(19-2)14-10-13(18)6-8-16(14)21-4/h5-10,17,19H,1-4H3. The summed E-state index contributed by atoms with van der Waals surface area (Å²) in [4.78, 5) is 0. The van der Waals surface area contributed by atoms with Crippen molar-refractivity contribution in [2.24, 2.45) is 0 Å². The molecule has 3 nitrogen and oxygen atoms in total. The molecule has 2 aromatic rings. The summed E-state index contributed by atoms with van der Waals surface area (Å²) in [5.41, 5.74) is 2.83. The maximum absolute atomic E-state index is 13.6. The number of methoxy groups -OCH3 is 2. The van der Waals surface area contributed by atoms with Gasteiger partial charge < -0.3 is 14.8 Å². The molecule has 0 bridgehead atoms. The van der Waals surface area contributed by atoms with Crippen LogP contribution in [0.25, 0.3) is 0 Å². The van der Waals surface area contributed by atoms with Crippen LogP contribution in [0.4, 0.5) is 4.39 Å². The maximum atomic E-state index is 13.6. The number of halogens is 1. The molecule has 0 saturated heterocycles. The SMILES string of the molecule is CNC(c1ccc(OC)c(C)c1)c1cc(F)ccc1OC. The first-order valence-corrected chi connectivity index (χ1v) is 6.76. The summed E-state index contributed by atoms with van der Waals surface area (Å²) in [5.74, 6) is 1.21. The largest absolute Gasteiger partial charge is 0.496 e. The first kappa shape index (κ1) is 15.3. The molecule has 0 amide bonds. The number of nitrogens with one attached hydrogen (secondary N) is 1. The van der Waals surface area contributed by atoms with Crippen molar-refractivity contribution in [2.45, 2.75) is 13.0 Å². The third-order valence-electron chi connectivity index (χ3n) is 3.54. The van der Waals surface area contributed by atoms with Crippen molar-refractivity contribution in [1.29, 1.82) is 0 Å². The van der Waals surface area contributed by atoms with E-state index in [0.29, 0.717) is 5.75 Å². The van der Waals surface area contributed by atoms with Gasteiger partial charge >= 0.3 is 0 Å². The molecule has 2 aromatic carbocycles. The minimum Gasteiger partial charge on any atom is -0.496 e. The van der Waals surface area contributed by atoms with Crippen LogP contribution in [0.3, 0.4) is 0 Å². The fourth-order valence-electron chi connectivity index (χ4n) is 2.51. The summed E-state index contributed by atoms with van der Waals surface area (Å²) in [6.45, 7) is 1.98. The lowest BCUT2D eigenvalue weighted by Crippen LogP contribution is -2.19. The van der Waals surface area contributed by atoms with Crippen molar-refractivity contribution >= 4 is 0 Å². The Morgan fingerprint density at radius 2 is 1.67 bits per heavy atom. The van der Waals surface area contributed by atoms with Gasteiger partial charge in [0.15, 0.2) is 0 Å². The van der Waals surface area contributed by atoms with Crippen LogP contribution in [0, 0.1) is 12.7 Å². The fourth-order valence-corrected chi connectivity index (χ4v) is 2.51. The first-order valence-electron chi connectivity index (χ1n) is 6.76. The lowest BCUT2D eigenvalue weighted by Gasteiger charge is -2.21. The molecule has 0 spiro atoms. The number of aryl methyl sites for hydroxylation is 1. The van der Waals surface area contributed by atoms with E-state index in [2.05, 4.69) is 5.32 Å². The van der Waals surface area contributed by atoms with E-state index in [1.165, 1.54) is 12.1 Å². The summed E-state index contributed by atoms with van der Waals surface area (Å²) in [7, 11) is 5.07. The topological polar surface area (TPSA) is 30.5 Å². The van der Waals surface area contributed by atoms with E-state index in [9.17, 15) is 4.39 Å². The lowest BCUT2D eigenvalue weighted by molar-refractivity contribution is 0.403. The number of hydrogen-bond donors (Lipinski definition) is 1. The van der Waals surface area contributed by atoms with Gasteiger partial charge in [-0.3, -0.25) is 0 Å². The van der Waals surface area contributed by atoms with E-state index in [4.69, 9.17) is 9.47 Å². The Morgan fingerprint density at radius 1 is 1.00 bits per heavy atom.